The molecule has 1 saturated heterocycles. The lowest BCUT2D eigenvalue weighted by Gasteiger charge is -2.27. The molecule has 8 heteroatoms. The number of hydrogen-bond donors (Lipinski definition) is 2. The molecule has 4 heterocycles. The van der Waals surface area contributed by atoms with Gasteiger partial charge < -0.3 is 15.2 Å². The summed E-state index contributed by atoms with van der Waals surface area (Å²) in [4.78, 5) is 13.6. The maximum Gasteiger partial charge on any atom is 0.252 e. The van der Waals surface area contributed by atoms with E-state index in [1.54, 1.807) is 4.68 Å². The molecule has 0 radical (unpaired) electrons. The molecule has 5 aromatic rings. The Morgan fingerprint density at radius 2 is 1.92 bits per heavy atom. The summed E-state index contributed by atoms with van der Waals surface area (Å²) in [6.07, 6.45) is 8.00. The van der Waals surface area contributed by atoms with Crippen LogP contribution in [0, 0.1) is 12.8 Å². The van der Waals surface area contributed by atoms with Gasteiger partial charge in [0.2, 0.25) is 0 Å². The number of nitrogens with one attached hydrogen (secondary N) is 2. The van der Waals surface area contributed by atoms with Gasteiger partial charge in [0.25, 0.3) is 5.91 Å². The molecule has 1 amide bonds. The van der Waals surface area contributed by atoms with Crippen molar-refractivity contribution in [2.75, 3.05) is 13.1 Å². The van der Waals surface area contributed by atoms with Crippen molar-refractivity contribution in [3.63, 3.8) is 0 Å². The van der Waals surface area contributed by atoms with Crippen molar-refractivity contribution in [3.05, 3.63) is 83.9 Å². The Morgan fingerprint density at radius 1 is 1.10 bits per heavy atom. The van der Waals surface area contributed by atoms with Crippen molar-refractivity contribution >= 4 is 16.8 Å². The molecule has 0 aliphatic carbocycles. The molecule has 1 aliphatic rings. The lowest BCUT2D eigenvalue weighted by Crippen LogP contribution is -2.44. The van der Waals surface area contributed by atoms with Crippen LogP contribution < -0.4 is 10.6 Å². The highest BCUT2D eigenvalue weighted by molar-refractivity contribution is 6.00. The third-order valence-corrected chi connectivity index (χ3v) is 7.78. The van der Waals surface area contributed by atoms with Crippen LogP contribution in [-0.4, -0.2) is 43.1 Å². The van der Waals surface area contributed by atoms with Crippen molar-refractivity contribution in [1.29, 1.82) is 0 Å². The van der Waals surface area contributed by atoms with Crippen LogP contribution >= 0.6 is 0 Å². The van der Waals surface area contributed by atoms with Crippen LogP contribution in [0.3, 0.4) is 0 Å². The second kappa shape index (κ2) is 10.2. The van der Waals surface area contributed by atoms with Crippen LogP contribution in [0.25, 0.3) is 33.3 Å². The zero-order chi connectivity index (χ0) is 27.1. The Bertz CT molecular complexity index is 1650. The Hall–Kier alpha value is -4.17. The van der Waals surface area contributed by atoms with Crippen LogP contribution in [0.5, 0.6) is 0 Å². The molecule has 1 fully saturated rings. The summed E-state index contributed by atoms with van der Waals surface area (Å²) in [6, 6.07) is 14.5. The minimum Gasteiger partial charge on any atom is -0.347 e. The maximum absolute atomic E-state index is 13.6. The van der Waals surface area contributed by atoms with Crippen molar-refractivity contribution in [1.82, 2.24) is 34.8 Å². The summed E-state index contributed by atoms with van der Waals surface area (Å²) >= 11 is 0. The summed E-state index contributed by atoms with van der Waals surface area (Å²) in [5, 5.41) is 16.9. The molecule has 2 aromatic carbocycles. The molecular formula is C31H35N7O. The molecule has 6 rings (SSSR count). The molecule has 0 bridgehead atoms. The first kappa shape index (κ1) is 25.1. The fourth-order valence-corrected chi connectivity index (χ4v) is 5.35. The first-order valence-electron chi connectivity index (χ1n) is 13.7. The Balaban J connectivity index is 1.31. The smallest absolute Gasteiger partial charge is 0.252 e. The molecule has 8 nitrogen and oxygen atoms in total. The van der Waals surface area contributed by atoms with Crippen LogP contribution in [0.1, 0.15) is 41.4 Å². The predicted molar refractivity (Wildman–Crippen MR) is 154 cm³/mol. The van der Waals surface area contributed by atoms with Gasteiger partial charge in [-0.2, -0.15) is 10.2 Å². The van der Waals surface area contributed by atoms with Crippen molar-refractivity contribution in [2.45, 2.75) is 39.9 Å². The number of hydrogen-bond acceptors (Lipinski definition) is 4. The average molecular weight is 522 g/mol. The van der Waals surface area contributed by atoms with E-state index in [2.05, 4.69) is 63.8 Å². The Labute approximate surface area is 228 Å². The fraction of sp³-hybridized carbons (Fsp3) is 0.323. The lowest BCUT2D eigenvalue weighted by atomic mass is 9.96. The number of carbonyl (C=O) groups excluding carboxylic acids is 1. The van der Waals surface area contributed by atoms with Gasteiger partial charge >= 0.3 is 0 Å². The van der Waals surface area contributed by atoms with E-state index in [0.29, 0.717) is 11.5 Å². The van der Waals surface area contributed by atoms with E-state index in [1.807, 2.05) is 56.3 Å². The molecule has 1 aliphatic heterocycles. The van der Waals surface area contributed by atoms with E-state index in [1.165, 1.54) is 5.39 Å². The molecule has 0 saturated carbocycles. The van der Waals surface area contributed by atoms with Gasteiger partial charge in [-0.15, -0.1) is 0 Å². The number of nitrogens with zero attached hydrogens (tertiary/aromatic N) is 5. The number of fused-ring (bicyclic) bond motifs is 1. The number of rotatable bonds is 8. The molecular weight excluding hydrogens is 486 g/mol. The number of aryl methyl sites for hydroxylation is 3. The van der Waals surface area contributed by atoms with Crippen LogP contribution in [0.2, 0.25) is 0 Å². The average Bonchev–Trinajstić information content (AvgIpc) is 3.65. The zero-order valence-electron chi connectivity index (χ0n) is 23.0. The number of carbonyl (C=O) groups is 1. The van der Waals surface area contributed by atoms with Crippen molar-refractivity contribution in [2.24, 2.45) is 13.0 Å². The molecule has 200 valence electrons. The third kappa shape index (κ3) is 5.00. The topological polar surface area (TPSA) is 81.7 Å². The highest BCUT2D eigenvalue weighted by atomic mass is 16.1. The van der Waals surface area contributed by atoms with E-state index in [4.69, 9.17) is 5.10 Å². The molecule has 0 unspecified atom stereocenters. The highest BCUT2D eigenvalue weighted by Gasteiger charge is 2.20. The molecule has 1 atom stereocenters. The quantitative estimate of drug-likeness (QED) is 0.303. The van der Waals surface area contributed by atoms with E-state index >= 15 is 0 Å². The van der Waals surface area contributed by atoms with Crippen molar-refractivity contribution < 1.29 is 4.79 Å². The van der Waals surface area contributed by atoms with E-state index in [0.717, 1.165) is 65.2 Å². The highest BCUT2D eigenvalue weighted by Crippen LogP contribution is 2.30. The van der Waals surface area contributed by atoms with Crippen molar-refractivity contribution in [3.8, 4) is 22.4 Å². The number of aromatic nitrogens is 5. The van der Waals surface area contributed by atoms with Gasteiger partial charge in [0.1, 0.15) is 0 Å². The third-order valence-electron chi connectivity index (χ3n) is 7.78. The van der Waals surface area contributed by atoms with Gasteiger partial charge in [-0.3, -0.25) is 14.2 Å². The SMILES string of the molecule is CCn1ccc(-c2cc(-c3cnn(C)c3)cc([C@@H](C)NC(=O)c3cc4c(ccn4CC4CNC4)cc3C)c2)n1. The summed E-state index contributed by atoms with van der Waals surface area (Å²) in [5.41, 5.74) is 7.81. The van der Waals surface area contributed by atoms with Gasteiger partial charge in [-0.05, 0) is 85.3 Å². The van der Waals surface area contributed by atoms with Gasteiger partial charge in [-0.25, -0.2) is 0 Å². The first-order valence-corrected chi connectivity index (χ1v) is 13.7. The first-order chi connectivity index (χ1) is 18.9. The van der Waals surface area contributed by atoms with Gasteiger partial charge in [-0.1, -0.05) is 0 Å². The molecule has 3 aromatic heterocycles. The molecule has 39 heavy (non-hydrogen) atoms. The summed E-state index contributed by atoms with van der Waals surface area (Å²) in [6.45, 7) is 10.0. The zero-order valence-corrected chi connectivity index (χ0v) is 23.0. The monoisotopic (exact) mass is 521 g/mol. The number of amides is 1. The second-order valence-corrected chi connectivity index (χ2v) is 10.7. The lowest BCUT2D eigenvalue weighted by molar-refractivity contribution is 0.0939. The largest absolute Gasteiger partial charge is 0.347 e. The summed E-state index contributed by atoms with van der Waals surface area (Å²) in [5.74, 6) is 0.577. The van der Waals surface area contributed by atoms with E-state index in [-0.39, 0.29) is 11.9 Å². The Morgan fingerprint density at radius 3 is 2.62 bits per heavy atom. The minimum absolute atomic E-state index is 0.0662. The van der Waals surface area contributed by atoms with E-state index < -0.39 is 0 Å². The van der Waals surface area contributed by atoms with Crippen LogP contribution in [0.4, 0.5) is 0 Å². The van der Waals surface area contributed by atoms with Gasteiger partial charge in [0, 0.05) is 79.9 Å². The van der Waals surface area contributed by atoms with Gasteiger partial charge in [0.05, 0.1) is 17.9 Å². The normalized spacial score (nSPS) is 14.5. The molecule has 0 spiro atoms. The maximum atomic E-state index is 13.6. The fourth-order valence-electron chi connectivity index (χ4n) is 5.35. The Kier molecular flexibility index (Phi) is 6.56. The van der Waals surface area contributed by atoms with Crippen LogP contribution in [0.15, 0.2) is 67.3 Å². The number of benzene rings is 2. The summed E-state index contributed by atoms with van der Waals surface area (Å²) in [7, 11) is 1.92. The standard InChI is InChI=1S/C31H35N7O/c1-5-38-9-7-29(35-38)26-12-24(11-25(13-26)27-17-33-36(4)19-27)21(3)34-31(39)28-14-30-23(10-20(28)2)6-8-37(30)18-22-15-32-16-22/h6-14,17,19,21-22,32H,5,15-16,18H2,1-4H3,(H,34,39)/t21-/m1/s1. The van der Waals surface area contributed by atoms with E-state index in [9.17, 15) is 4.79 Å². The predicted octanol–water partition coefficient (Wildman–Crippen LogP) is 4.94. The van der Waals surface area contributed by atoms with Gasteiger partial charge in [0.15, 0.2) is 0 Å². The molecule has 2 N–H and O–H groups in total. The second-order valence-electron chi connectivity index (χ2n) is 10.7. The van der Waals surface area contributed by atoms with Crippen LogP contribution in [-0.2, 0) is 20.1 Å². The summed E-state index contributed by atoms with van der Waals surface area (Å²) < 4.78 is 6.00. The minimum atomic E-state index is -0.205.